The lowest BCUT2D eigenvalue weighted by molar-refractivity contribution is -0.130. The van der Waals surface area contributed by atoms with E-state index in [1.54, 1.807) is 23.3 Å². The molecule has 2 amide bonds. The van der Waals surface area contributed by atoms with E-state index in [-0.39, 0.29) is 11.8 Å². The van der Waals surface area contributed by atoms with E-state index in [2.05, 4.69) is 10.1 Å². The Labute approximate surface area is 140 Å². The first-order valence-corrected chi connectivity index (χ1v) is 8.83. The van der Waals surface area contributed by atoms with Crippen LogP contribution >= 0.6 is 11.3 Å². The minimum Gasteiger partial charge on any atom is -0.340 e. The molecule has 0 aromatic carbocycles. The van der Waals surface area contributed by atoms with Gasteiger partial charge in [0.1, 0.15) is 5.71 Å². The summed E-state index contributed by atoms with van der Waals surface area (Å²) in [6.07, 6.45) is 4.11. The average molecular weight is 334 g/mol. The molecular formula is C16H22N4O2S. The highest BCUT2D eigenvalue weighted by atomic mass is 32.1. The summed E-state index contributed by atoms with van der Waals surface area (Å²) in [5.41, 5.74) is 1.65. The predicted molar refractivity (Wildman–Crippen MR) is 89.6 cm³/mol. The number of nitrogens with zero attached hydrogens (tertiary/aromatic N) is 4. The van der Waals surface area contributed by atoms with Crippen LogP contribution in [-0.4, -0.2) is 53.1 Å². The molecular weight excluding hydrogens is 312 g/mol. The van der Waals surface area contributed by atoms with Gasteiger partial charge in [-0.15, -0.1) is 11.3 Å². The highest BCUT2D eigenvalue weighted by molar-refractivity contribution is 7.11. The van der Waals surface area contributed by atoms with E-state index in [0.29, 0.717) is 31.0 Å². The number of hydrazone groups is 1. The summed E-state index contributed by atoms with van der Waals surface area (Å²) in [5.74, 6) is 0.184. The number of carbonyl (C=O) groups excluding carboxylic acids is 2. The largest absolute Gasteiger partial charge is 0.340 e. The van der Waals surface area contributed by atoms with Gasteiger partial charge in [-0.1, -0.05) is 0 Å². The third-order valence-corrected chi connectivity index (χ3v) is 5.52. The Balaban J connectivity index is 1.70. The van der Waals surface area contributed by atoms with E-state index in [1.165, 1.54) is 15.6 Å². The van der Waals surface area contributed by atoms with E-state index < -0.39 is 0 Å². The number of aromatic nitrogens is 1. The van der Waals surface area contributed by atoms with Crippen LogP contribution in [0.1, 0.15) is 47.2 Å². The van der Waals surface area contributed by atoms with Gasteiger partial charge in [0.05, 0.1) is 10.7 Å². The molecule has 1 aromatic rings. The van der Waals surface area contributed by atoms with Gasteiger partial charge in [0, 0.05) is 44.3 Å². The van der Waals surface area contributed by atoms with Crippen molar-refractivity contribution in [3.05, 3.63) is 15.6 Å². The number of thiazole rings is 1. The van der Waals surface area contributed by atoms with Gasteiger partial charge in [-0.25, -0.2) is 9.99 Å². The molecule has 0 saturated heterocycles. The van der Waals surface area contributed by atoms with E-state index in [1.807, 2.05) is 14.0 Å². The van der Waals surface area contributed by atoms with Crippen LogP contribution in [0, 0.1) is 6.92 Å². The molecule has 1 aliphatic heterocycles. The van der Waals surface area contributed by atoms with Crippen LogP contribution in [0.4, 0.5) is 0 Å². The van der Waals surface area contributed by atoms with Crippen LogP contribution in [0.15, 0.2) is 5.10 Å². The van der Waals surface area contributed by atoms with Crippen molar-refractivity contribution < 1.29 is 9.59 Å². The van der Waals surface area contributed by atoms with Crippen LogP contribution in [0.25, 0.3) is 0 Å². The van der Waals surface area contributed by atoms with E-state index in [0.717, 1.165) is 24.3 Å². The van der Waals surface area contributed by atoms with Crippen molar-refractivity contribution in [3.8, 4) is 0 Å². The van der Waals surface area contributed by atoms with E-state index >= 15 is 0 Å². The molecule has 3 rings (SSSR count). The topological polar surface area (TPSA) is 65.9 Å². The Morgan fingerprint density at radius 3 is 2.91 bits per heavy atom. The monoisotopic (exact) mass is 334 g/mol. The quantitative estimate of drug-likeness (QED) is 0.848. The average Bonchev–Trinajstić information content (AvgIpc) is 2.90. The lowest BCUT2D eigenvalue weighted by atomic mass is 9.90. The highest BCUT2D eigenvalue weighted by Crippen LogP contribution is 2.35. The van der Waals surface area contributed by atoms with Crippen LogP contribution in [0.5, 0.6) is 0 Å². The smallest absolute Gasteiger partial charge is 0.269 e. The number of hydrogen-bond donors (Lipinski definition) is 0. The van der Waals surface area contributed by atoms with E-state index in [4.69, 9.17) is 0 Å². The van der Waals surface area contributed by atoms with Gasteiger partial charge in [0.25, 0.3) is 5.91 Å². The number of amides is 2. The molecule has 2 heterocycles. The molecule has 0 bridgehead atoms. The van der Waals surface area contributed by atoms with Crippen molar-refractivity contribution >= 4 is 28.9 Å². The molecule has 6 nitrogen and oxygen atoms in total. The van der Waals surface area contributed by atoms with Crippen molar-refractivity contribution in [3.63, 3.8) is 0 Å². The SMILES string of the molecule is Cc1nc2c(s1)CCC[C@@H]2CN(C)C(=O)C1=NN(C)C(=O)CC1. The summed E-state index contributed by atoms with van der Waals surface area (Å²) >= 11 is 1.78. The lowest BCUT2D eigenvalue weighted by Gasteiger charge is -2.28. The molecule has 1 aromatic heterocycles. The molecule has 7 heteroatoms. The predicted octanol–water partition coefficient (Wildman–Crippen LogP) is 1.94. The number of carbonyl (C=O) groups is 2. The van der Waals surface area contributed by atoms with E-state index in [9.17, 15) is 9.59 Å². The van der Waals surface area contributed by atoms with Crippen LogP contribution in [0.3, 0.4) is 0 Å². The minimum absolute atomic E-state index is 0.0425. The Morgan fingerprint density at radius 1 is 1.39 bits per heavy atom. The van der Waals surface area contributed by atoms with Gasteiger partial charge in [0.15, 0.2) is 0 Å². The van der Waals surface area contributed by atoms with Gasteiger partial charge < -0.3 is 4.90 Å². The van der Waals surface area contributed by atoms with Crippen molar-refractivity contribution in [1.29, 1.82) is 0 Å². The number of likely N-dealkylation sites (N-methyl/N-ethyl adjacent to an activating group) is 1. The maximum Gasteiger partial charge on any atom is 0.269 e. The van der Waals surface area contributed by atoms with Gasteiger partial charge >= 0.3 is 0 Å². The fourth-order valence-electron chi connectivity index (χ4n) is 3.26. The molecule has 0 unspecified atom stereocenters. The number of rotatable bonds is 3. The summed E-state index contributed by atoms with van der Waals surface area (Å²) in [6.45, 7) is 2.70. The number of aryl methyl sites for hydroxylation is 2. The fourth-order valence-corrected chi connectivity index (χ4v) is 4.33. The van der Waals surface area contributed by atoms with Gasteiger partial charge in [0.2, 0.25) is 5.91 Å². The van der Waals surface area contributed by atoms with Gasteiger partial charge in [-0.05, 0) is 26.2 Å². The molecule has 0 spiro atoms. The summed E-state index contributed by atoms with van der Waals surface area (Å²) in [5, 5.41) is 6.50. The van der Waals surface area contributed by atoms with Crippen LogP contribution in [0.2, 0.25) is 0 Å². The molecule has 0 radical (unpaired) electrons. The molecule has 23 heavy (non-hydrogen) atoms. The normalized spacial score (nSPS) is 21.0. The maximum atomic E-state index is 12.6. The van der Waals surface area contributed by atoms with Crippen molar-refractivity contribution in [1.82, 2.24) is 14.9 Å². The van der Waals surface area contributed by atoms with Gasteiger partial charge in [-0.2, -0.15) is 5.10 Å². The molecule has 2 aliphatic rings. The third-order valence-electron chi connectivity index (χ3n) is 4.47. The standard InChI is InChI=1S/C16H22N4O2S/c1-10-17-15-11(5-4-6-13(15)23-10)9-19(2)16(22)12-7-8-14(21)20(3)18-12/h11H,4-9H2,1-3H3/t11-/m1/s1. The first-order chi connectivity index (χ1) is 11.0. The zero-order valence-electron chi connectivity index (χ0n) is 13.8. The molecule has 0 saturated carbocycles. The summed E-state index contributed by atoms with van der Waals surface area (Å²) in [7, 11) is 3.41. The summed E-state index contributed by atoms with van der Waals surface area (Å²) < 4.78 is 0. The molecule has 0 fully saturated rings. The highest BCUT2D eigenvalue weighted by Gasteiger charge is 2.29. The zero-order valence-corrected chi connectivity index (χ0v) is 14.7. The summed E-state index contributed by atoms with van der Waals surface area (Å²) in [4.78, 5) is 31.8. The lowest BCUT2D eigenvalue weighted by Crippen LogP contribution is -2.40. The second-order valence-corrected chi connectivity index (χ2v) is 7.57. The van der Waals surface area contributed by atoms with Crippen molar-refractivity contribution in [2.75, 3.05) is 20.6 Å². The fraction of sp³-hybridized carbons (Fsp3) is 0.625. The Hall–Kier alpha value is -1.76. The minimum atomic E-state index is -0.0802. The summed E-state index contributed by atoms with van der Waals surface area (Å²) in [6, 6.07) is 0. The Bertz CT molecular complexity index is 667. The third kappa shape index (κ3) is 3.29. The molecule has 1 atom stereocenters. The first kappa shape index (κ1) is 16.1. The maximum absolute atomic E-state index is 12.6. The first-order valence-electron chi connectivity index (χ1n) is 8.01. The van der Waals surface area contributed by atoms with Crippen LogP contribution in [-0.2, 0) is 16.0 Å². The number of hydrogen-bond acceptors (Lipinski definition) is 5. The Kier molecular flexibility index (Phi) is 4.48. The van der Waals surface area contributed by atoms with Gasteiger partial charge in [-0.3, -0.25) is 9.59 Å². The van der Waals surface area contributed by atoms with Crippen molar-refractivity contribution in [2.45, 2.75) is 44.9 Å². The molecule has 124 valence electrons. The zero-order chi connectivity index (χ0) is 16.6. The molecule has 1 aliphatic carbocycles. The second-order valence-electron chi connectivity index (χ2n) is 6.28. The van der Waals surface area contributed by atoms with Crippen LogP contribution < -0.4 is 0 Å². The number of fused-ring (bicyclic) bond motifs is 1. The molecule has 0 N–H and O–H groups in total. The van der Waals surface area contributed by atoms with Crippen molar-refractivity contribution in [2.24, 2.45) is 5.10 Å². The second kappa shape index (κ2) is 6.39. The Morgan fingerprint density at radius 2 is 2.17 bits per heavy atom.